The number of ether oxygens (including phenoxy) is 1. The Morgan fingerprint density at radius 2 is 2.19 bits per heavy atom. The Morgan fingerprint density at radius 1 is 1.54 bits per heavy atom. The van der Waals surface area contributed by atoms with Crippen LogP contribution in [0.4, 0.5) is 19.0 Å². The molecule has 0 saturated carbocycles. The molecule has 0 radical (unpaired) electrons. The Labute approximate surface area is 153 Å². The lowest BCUT2D eigenvalue weighted by atomic mass is 10.2. The fourth-order valence-corrected chi connectivity index (χ4v) is 3.42. The van der Waals surface area contributed by atoms with Crippen molar-refractivity contribution in [1.82, 2.24) is 9.55 Å². The van der Waals surface area contributed by atoms with Crippen molar-refractivity contribution < 1.29 is 35.3 Å². The van der Waals surface area contributed by atoms with Crippen molar-refractivity contribution in [3.05, 3.63) is 22.7 Å². The van der Waals surface area contributed by atoms with Crippen molar-refractivity contribution in [1.29, 1.82) is 0 Å². The largest absolute Gasteiger partial charge is 0.523 e. The molecule has 1 saturated heterocycles. The summed E-state index contributed by atoms with van der Waals surface area (Å²) in [5.74, 6) is -0.460. The summed E-state index contributed by atoms with van der Waals surface area (Å²) in [5, 5.41) is 2.28. The Morgan fingerprint density at radius 3 is 2.69 bits per heavy atom. The lowest BCUT2D eigenvalue weighted by molar-refractivity contribution is -0.114. The number of hydrogen-bond acceptors (Lipinski definition) is 7. The lowest BCUT2D eigenvalue weighted by Gasteiger charge is -2.17. The van der Waals surface area contributed by atoms with Crippen LogP contribution in [0.25, 0.3) is 0 Å². The topological polar surface area (TPSA) is 117 Å². The molecule has 1 amide bonds. The minimum Gasteiger partial charge on any atom is -0.351 e. The molecular weight excluding hydrogens is 451 g/mol. The Bertz CT molecular complexity index is 843. The summed E-state index contributed by atoms with van der Waals surface area (Å²) in [6.45, 7) is 1.22. The number of aromatic nitrogens is 2. The molecule has 3 atom stereocenters. The average Bonchev–Trinajstić information content (AvgIpc) is 2.87. The highest BCUT2D eigenvalue weighted by Gasteiger charge is 2.51. The summed E-state index contributed by atoms with van der Waals surface area (Å²) in [4.78, 5) is 26.6. The van der Waals surface area contributed by atoms with Crippen LogP contribution in [0.1, 0.15) is 19.6 Å². The van der Waals surface area contributed by atoms with Gasteiger partial charge < -0.3 is 10.1 Å². The van der Waals surface area contributed by atoms with Crippen LogP contribution in [0.5, 0.6) is 0 Å². The zero-order valence-electron chi connectivity index (χ0n) is 13.1. The average molecular weight is 464 g/mol. The van der Waals surface area contributed by atoms with E-state index in [-0.39, 0.29) is 17.6 Å². The third-order valence-electron chi connectivity index (χ3n) is 3.31. The quantitative estimate of drug-likeness (QED) is 0.395. The predicted molar refractivity (Wildman–Crippen MR) is 85.0 cm³/mol. The molecule has 26 heavy (non-hydrogen) atoms. The number of amides is 1. The van der Waals surface area contributed by atoms with Gasteiger partial charge in [-0.1, -0.05) is 15.9 Å². The molecule has 2 heterocycles. The minimum atomic E-state index is -5.81. The Balaban J connectivity index is 2.21. The lowest BCUT2D eigenvalue weighted by Crippen LogP contribution is -2.34. The molecule has 1 aliphatic heterocycles. The van der Waals surface area contributed by atoms with Gasteiger partial charge in [-0.15, -0.1) is 0 Å². The van der Waals surface area contributed by atoms with E-state index < -0.39 is 45.7 Å². The van der Waals surface area contributed by atoms with Crippen molar-refractivity contribution in [2.45, 2.75) is 37.3 Å². The van der Waals surface area contributed by atoms with Crippen molar-refractivity contribution in [2.24, 2.45) is 0 Å². The van der Waals surface area contributed by atoms with Gasteiger partial charge in [-0.05, 0) is 6.07 Å². The molecule has 9 nitrogen and oxygen atoms in total. The van der Waals surface area contributed by atoms with Crippen LogP contribution in [0.15, 0.2) is 17.1 Å². The van der Waals surface area contributed by atoms with Crippen LogP contribution in [0.2, 0.25) is 0 Å². The maximum atomic E-state index is 12.5. The second kappa shape index (κ2) is 7.62. The van der Waals surface area contributed by atoms with Crippen LogP contribution in [0.3, 0.4) is 0 Å². The first-order valence-electron chi connectivity index (χ1n) is 7.02. The molecule has 146 valence electrons. The smallest absolute Gasteiger partial charge is 0.351 e. The van der Waals surface area contributed by atoms with Gasteiger partial charge in [0, 0.05) is 24.9 Å². The number of halogens is 4. The van der Waals surface area contributed by atoms with Crippen molar-refractivity contribution in [3.63, 3.8) is 0 Å². The number of carbonyl (C=O) groups is 1. The van der Waals surface area contributed by atoms with E-state index in [1.807, 2.05) is 0 Å². The van der Waals surface area contributed by atoms with Crippen LogP contribution >= 0.6 is 15.9 Å². The summed E-state index contributed by atoms with van der Waals surface area (Å²) >= 11 is 3.00. The van der Waals surface area contributed by atoms with E-state index in [0.29, 0.717) is 0 Å². The number of alkyl halides is 4. The van der Waals surface area contributed by atoms with E-state index in [4.69, 9.17) is 4.74 Å². The van der Waals surface area contributed by atoms with Gasteiger partial charge in [0.05, 0.1) is 6.10 Å². The number of hydrogen-bond donors (Lipinski definition) is 1. The van der Waals surface area contributed by atoms with E-state index in [9.17, 15) is 31.2 Å². The monoisotopic (exact) mass is 463 g/mol. The molecule has 0 bridgehead atoms. The number of anilines is 1. The van der Waals surface area contributed by atoms with E-state index in [0.717, 1.165) is 4.57 Å². The maximum absolute atomic E-state index is 12.5. The summed E-state index contributed by atoms with van der Waals surface area (Å²) in [5.41, 5.74) is -6.41. The SMILES string of the molecule is CC(=O)Nc1ccn([C@@H]2C[C@H](OS(=O)(=O)C(F)(F)F)[C@@H](CBr)O2)c(=O)n1. The second-order valence-electron chi connectivity index (χ2n) is 5.24. The van der Waals surface area contributed by atoms with E-state index in [1.54, 1.807) is 0 Å². The second-order valence-corrected chi connectivity index (χ2v) is 7.45. The van der Waals surface area contributed by atoms with E-state index in [1.165, 1.54) is 19.2 Å². The van der Waals surface area contributed by atoms with Crippen LogP contribution in [-0.2, 0) is 23.8 Å². The number of nitrogens with zero attached hydrogens (tertiary/aromatic N) is 2. The zero-order chi connectivity index (χ0) is 19.7. The summed E-state index contributed by atoms with van der Waals surface area (Å²) in [6, 6.07) is 1.29. The Kier molecular flexibility index (Phi) is 6.09. The fourth-order valence-electron chi connectivity index (χ4n) is 2.21. The molecule has 0 unspecified atom stereocenters. The molecular formula is C12H13BrF3N3O6S. The highest BCUT2D eigenvalue weighted by atomic mass is 79.9. The van der Waals surface area contributed by atoms with Crippen LogP contribution < -0.4 is 11.0 Å². The molecule has 1 N–H and O–H groups in total. The number of carbonyl (C=O) groups excluding carboxylic acids is 1. The van der Waals surface area contributed by atoms with Gasteiger partial charge in [0.1, 0.15) is 18.1 Å². The molecule has 14 heteroatoms. The Hall–Kier alpha value is -1.51. The van der Waals surface area contributed by atoms with Gasteiger partial charge in [0.2, 0.25) is 5.91 Å². The first-order valence-corrected chi connectivity index (χ1v) is 9.55. The first kappa shape index (κ1) is 20.8. The van der Waals surface area contributed by atoms with Crippen molar-refractivity contribution >= 4 is 37.8 Å². The fraction of sp³-hybridized carbons (Fsp3) is 0.583. The molecule has 0 spiro atoms. The molecule has 0 aromatic carbocycles. The third kappa shape index (κ3) is 4.61. The summed E-state index contributed by atoms with van der Waals surface area (Å²) in [7, 11) is -5.81. The van der Waals surface area contributed by atoms with Gasteiger partial charge >= 0.3 is 21.3 Å². The third-order valence-corrected chi connectivity index (χ3v) is 5.02. The van der Waals surface area contributed by atoms with Gasteiger partial charge in [-0.2, -0.15) is 26.6 Å². The van der Waals surface area contributed by atoms with Gasteiger partial charge in [0.25, 0.3) is 0 Å². The predicted octanol–water partition coefficient (Wildman–Crippen LogP) is 1.12. The zero-order valence-corrected chi connectivity index (χ0v) is 15.5. The summed E-state index contributed by atoms with van der Waals surface area (Å²) < 4.78 is 70.4. The number of nitrogens with one attached hydrogen (secondary N) is 1. The molecule has 1 fully saturated rings. The first-order chi connectivity index (χ1) is 11.9. The normalized spacial score (nSPS) is 23.8. The van der Waals surface area contributed by atoms with E-state index in [2.05, 4.69) is 30.4 Å². The highest BCUT2D eigenvalue weighted by Crippen LogP contribution is 2.35. The van der Waals surface area contributed by atoms with Gasteiger partial charge in [-0.3, -0.25) is 13.5 Å². The van der Waals surface area contributed by atoms with E-state index >= 15 is 0 Å². The van der Waals surface area contributed by atoms with Gasteiger partial charge in [0.15, 0.2) is 0 Å². The number of rotatable bonds is 5. The van der Waals surface area contributed by atoms with Crippen molar-refractivity contribution in [3.8, 4) is 0 Å². The molecule has 2 rings (SSSR count). The van der Waals surface area contributed by atoms with Crippen molar-refractivity contribution in [2.75, 3.05) is 10.6 Å². The molecule has 0 aliphatic carbocycles. The molecule has 1 aliphatic rings. The van der Waals surface area contributed by atoms with Crippen LogP contribution in [0, 0.1) is 0 Å². The maximum Gasteiger partial charge on any atom is 0.523 e. The standard InChI is InChI=1S/C12H13BrF3N3O6S/c1-6(20)17-9-2-3-19(11(21)18-9)10-4-7(8(5-13)24-10)25-26(22,23)12(14,15)16/h2-3,7-8,10H,4-5H2,1H3,(H,17,18,20,21)/t7-,8+,10-/m0/s1. The highest BCUT2D eigenvalue weighted by molar-refractivity contribution is 9.09. The summed E-state index contributed by atoms with van der Waals surface area (Å²) in [6.07, 6.45) is -2.69. The minimum absolute atomic E-state index is 0.0127. The molecule has 1 aromatic rings. The van der Waals surface area contributed by atoms with Crippen LogP contribution in [-0.4, -0.2) is 46.9 Å². The van der Waals surface area contributed by atoms with Gasteiger partial charge in [-0.25, -0.2) is 4.79 Å². The molecule has 1 aromatic heterocycles.